The first kappa shape index (κ1) is 22.8. The van der Waals surface area contributed by atoms with Gasteiger partial charge >= 0.3 is 5.97 Å². The van der Waals surface area contributed by atoms with E-state index in [4.69, 9.17) is 14.5 Å². The zero-order valence-corrected chi connectivity index (χ0v) is 19.7. The standard InChI is InChI=1S/C23H26N4O5S/c1-12(2)24-23-26-19(11-33-23)18-9-21(16-6-5-14(31-4)7-17(16)25-18)32-15-8-20(22(29)30)27(10-15)13(3)28/h5-7,9,11-12,15,20H,8,10H2,1-4H3,(H,24,26)(H,29,30)/t15?,20-/m0/s1. The molecule has 2 N–H and O–H groups in total. The van der Waals surface area contributed by atoms with Crippen LogP contribution in [-0.2, 0) is 9.59 Å². The summed E-state index contributed by atoms with van der Waals surface area (Å²) in [6.45, 7) is 5.67. The van der Waals surface area contributed by atoms with Crippen LogP contribution in [0.15, 0.2) is 29.6 Å². The first-order chi connectivity index (χ1) is 15.7. The number of amides is 1. The van der Waals surface area contributed by atoms with E-state index in [0.29, 0.717) is 28.4 Å². The van der Waals surface area contributed by atoms with Gasteiger partial charge in [-0.05, 0) is 26.0 Å². The number of likely N-dealkylation sites (tertiary alicyclic amines) is 1. The molecule has 1 aliphatic rings. The quantitative estimate of drug-likeness (QED) is 0.538. The maximum atomic E-state index is 11.9. The first-order valence-corrected chi connectivity index (χ1v) is 11.5. The van der Waals surface area contributed by atoms with Gasteiger partial charge < -0.3 is 24.8 Å². The van der Waals surface area contributed by atoms with Crippen molar-refractivity contribution >= 4 is 39.2 Å². The summed E-state index contributed by atoms with van der Waals surface area (Å²) in [4.78, 5) is 34.3. The Morgan fingerprint density at radius 2 is 2.03 bits per heavy atom. The van der Waals surface area contributed by atoms with Gasteiger partial charge in [0.2, 0.25) is 5.91 Å². The van der Waals surface area contributed by atoms with Crippen molar-refractivity contribution in [3.8, 4) is 22.9 Å². The Morgan fingerprint density at radius 1 is 1.24 bits per heavy atom. The van der Waals surface area contributed by atoms with E-state index in [9.17, 15) is 14.7 Å². The van der Waals surface area contributed by atoms with Gasteiger partial charge in [0.25, 0.3) is 0 Å². The number of thiazole rings is 1. The molecule has 3 aromatic rings. The van der Waals surface area contributed by atoms with Gasteiger partial charge in [0.15, 0.2) is 5.13 Å². The summed E-state index contributed by atoms with van der Waals surface area (Å²) in [5.41, 5.74) is 2.01. The van der Waals surface area contributed by atoms with Gasteiger partial charge in [-0.1, -0.05) is 0 Å². The summed E-state index contributed by atoms with van der Waals surface area (Å²) < 4.78 is 11.6. The Labute approximate surface area is 195 Å². The lowest BCUT2D eigenvalue weighted by atomic mass is 10.1. The normalized spacial score (nSPS) is 18.0. The number of carboxylic acid groups (broad SMARTS) is 1. The highest BCUT2D eigenvalue weighted by molar-refractivity contribution is 7.14. The summed E-state index contributed by atoms with van der Waals surface area (Å²) in [5, 5.41) is 16.3. The van der Waals surface area contributed by atoms with Gasteiger partial charge in [0.1, 0.15) is 29.3 Å². The smallest absolute Gasteiger partial charge is 0.326 e. The van der Waals surface area contributed by atoms with Gasteiger partial charge in [-0.15, -0.1) is 11.3 Å². The molecular weight excluding hydrogens is 444 g/mol. The fourth-order valence-corrected chi connectivity index (χ4v) is 4.73. The Hall–Kier alpha value is -3.40. The van der Waals surface area contributed by atoms with Crippen LogP contribution in [0.4, 0.5) is 5.13 Å². The molecule has 4 rings (SSSR count). The Bertz CT molecular complexity index is 1170. The molecule has 33 heavy (non-hydrogen) atoms. The molecule has 10 heteroatoms. The molecule has 0 radical (unpaired) electrons. The number of rotatable bonds is 7. The molecule has 1 unspecified atom stereocenters. The third-order valence-corrected chi connectivity index (χ3v) is 6.18. The van der Waals surface area contributed by atoms with Gasteiger partial charge in [-0.25, -0.2) is 14.8 Å². The minimum Gasteiger partial charge on any atom is -0.497 e. The van der Waals surface area contributed by atoms with Gasteiger partial charge in [-0.3, -0.25) is 4.79 Å². The van der Waals surface area contributed by atoms with Gasteiger partial charge in [-0.2, -0.15) is 0 Å². The predicted molar refractivity (Wildman–Crippen MR) is 126 cm³/mol. The van der Waals surface area contributed by atoms with Crippen molar-refractivity contribution < 1.29 is 24.2 Å². The third kappa shape index (κ3) is 4.85. The van der Waals surface area contributed by atoms with Crippen LogP contribution in [0.3, 0.4) is 0 Å². The van der Waals surface area contributed by atoms with Crippen LogP contribution in [0.25, 0.3) is 22.3 Å². The van der Waals surface area contributed by atoms with Crippen molar-refractivity contribution in [1.29, 1.82) is 0 Å². The molecule has 0 saturated carbocycles. The van der Waals surface area contributed by atoms with Crippen LogP contribution in [0, 0.1) is 0 Å². The van der Waals surface area contributed by atoms with E-state index in [1.165, 1.54) is 23.2 Å². The molecule has 1 aromatic carbocycles. The number of carbonyl (C=O) groups is 2. The Morgan fingerprint density at radius 3 is 2.67 bits per heavy atom. The van der Waals surface area contributed by atoms with Crippen molar-refractivity contribution in [3.05, 3.63) is 29.6 Å². The summed E-state index contributed by atoms with van der Waals surface area (Å²) in [6, 6.07) is 6.67. The maximum absolute atomic E-state index is 11.9. The fraction of sp³-hybridized carbons (Fsp3) is 0.391. The molecule has 3 heterocycles. The summed E-state index contributed by atoms with van der Waals surface area (Å²) in [6.07, 6.45) is -0.243. The fourth-order valence-electron chi connectivity index (χ4n) is 3.88. The van der Waals surface area contributed by atoms with E-state index >= 15 is 0 Å². The number of pyridine rings is 1. The molecule has 1 fully saturated rings. The number of aliphatic carboxylic acids is 1. The van der Waals surface area contributed by atoms with Crippen molar-refractivity contribution in [2.24, 2.45) is 0 Å². The summed E-state index contributed by atoms with van der Waals surface area (Å²) >= 11 is 1.49. The van der Waals surface area contributed by atoms with Crippen LogP contribution >= 0.6 is 11.3 Å². The van der Waals surface area contributed by atoms with Crippen LogP contribution in [0.5, 0.6) is 11.5 Å². The number of fused-ring (bicyclic) bond motifs is 1. The molecular formula is C23H26N4O5S. The van der Waals surface area contributed by atoms with Crippen LogP contribution in [0.2, 0.25) is 0 Å². The Balaban J connectivity index is 1.71. The number of methoxy groups -OCH3 is 1. The molecule has 1 aliphatic heterocycles. The van der Waals surface area contributed by atoms with Crippen LogP contribution in [0.1, 0.15) is 27.2 Å². The molecule has 0 bridgehead atoms. The topological polar surface area (TPSA) is 114 Å². The first-order valence-electron chi connectivity index (χ1n) is 10.6. The lowest BCUT2D eigenvalue weighted by molar-refractivity contribution is -0.147. The van der Waals surface area contributed by atoms with E-state index in [0.717, 1.165) is 10.5 Å². The SMILES string of the molecule is COc1ccc2c(OC3C[C@@H](C(=O)O)N(C(C)=O)C3)cc(-c3csc(NC(C)C)n3)nc2c1. The molecule has 2 aromatic heterocycles. The van der Waals surface area contributed by atoms with Crippen molar-refractivity contribution in [2.75, 3.05) is 19.0 Å². The maximum Gasteiger partial charge on any atom is 0.326 e. The average Bonchev–Trinajstić information content (AvgIpc) is 3.40. The summed E-state index contributed by atoms with van der Waals surface area (Å²) in [7, 11) is 1.59. The summed E-state index contributed by atoms with van der Waals surface area (Å²) in [5.74, 6) is -0.100. The second kappa shape index (κ2) is 9.22. The van der Waals surface area contributed by atoms with Gasteiger partial charge in [0, 0.05) is 42.3 Å². The average molecular weight is 471 g/mol. The number of carboxylic acids is 1. The monoisotopic (exact) mass is 470 g/mol. The molecule has 1 amide bonds. The number of carbonyl (C=O) groups excluding carboxylic acids is 1. The highest BCUT2D eigenvalue weighted by Gasteiger charge is 2.39. The second-order valence-electron chi connectivity index (χ2n) is 8.23. The number of hydrogen-bond donors (Lipinski definition) is 2. The highest BCUT2D eigenvalue weighted by Crippen LogP contribution is 2.35. The molecule has 9 nitrogen and oxygen atoms in total. The lowest BCUT2D eigenvalue weighted by Crippen LogP contribution is -2.39. The Kier molecular flexibility index (Phi) is 6.37. The molecule has 0 aliphatic carbocycles. The van der Waals surface area contributed by atoms with E-state index in [1.54, 1.807) is 7.11 Å². The molecule has 174 valence electrons. The number of nitrogens with one attached hydrogen (secondary N) is 1. The predicted octanol–water partition coefficient (Wildman–Crippen LogP) is 3.64. The minimum absolute atomic E-state index is 0.209. The minimum atomic E-state index is -1.03. The lowest BCUT2D eigenvalue weighted by Gasteiger charge is -2.19. The van der Waals surface area contributed by atoms with E-state index in [1.807, 2.05) is 43.5 Å². The molecule has 1 saturated heterocycles. The number of anilines is 1. The van der Waals surface area contributed by atoms with E-state index < -0.39 is 18.1 Å². The largest absolute Gasteiger partial charge is 0.497 e. The highest BCUT2D eigenvalue weighted by atomic mass is 32.1. The van der Waals surface area contributed by atoms with Crippen LogP contribution in [-0.4, -0.2) is 63.7 Å². The zero-order valence-electron chi connectivity index (χ0n) is 18.9. The van der Waals surface area contributed by atoms with Crippen molar-refractivity contribution in [1.82, 2.24) is 14.9 Å². The van der Waals surface area contributed by atoms with Crippen LogP contribution < -0.4 is 14.8 Å². The molecule has 2 atom stereocenters. The number of benzene rings is 1. The second-order valence-corrected chi connectivity index (χ2v) is 9.08. The van der Waals surface area contributed by atoms with Gasteiger partial charge in [0.05, 0.1) is 24.9 Å². The molecule has 0 spiro atoms. The van der Waals surface area contributed by atoms with E-state index in [2.05, 4.69) is 10.3 Å². The van der Waals surface area contributed by atoms with Crippen molar-refractivity contribution in [2.45, 2.75) is 45.4 Å². The number of nitrogens with zero attached hydrogens (tertiary/aromatic N) is 3. The van der Waals surface area contributed by atoms with Crippen molar-refractivity contribution in [3.63, 3.8) is 0 Å². The number of aromatic nitrogens is 2. The van der Waals surface area contributed by atoms with E-state index in [-0.39, 0.29) is 24.9 Å². The number of hydrogen-bond acceptors (Lipinski definition) is 8. The number of ether oxygens (including phenoxy) is 2. The zero-order chi connectivity index (χ0) is 23.7. The third-order valence-electron chi connectivity index (χ3n) is 5.40.